The second-order valence-electron chi connectivity index (χ2n) is 3.15. The van der Waals surface area contributed by atoms with Gasteiger partial charge in [-0.05, 0) is 24.1 Å². The lowest BCUT2D eigenvalue weighted by atomic mass is 10.1. The van der Waals surface area contributed by atoms with E-state index in [1.807, 2.05) is 12.1 Å². The summed E-state index contributed by atoms with van der Waals surface area (Å²) >= 11 is 0. The number of rotatable bonds is 6. The van der Waals surface area contributed by atoms with Gasteiger partial charge in [0.05, 0.1) is 27.9 Å². The Bertz CT molecular complexity index is 321. The summed E-state index contributed by atoms with van der Waals surface area (Å²) in [5.74, 6) is 6.84. The van der Waals surface area contributed by atoms with Crippen molar-refractivity contribution in [1.82, 2.24) is 0 Å². The van der Waals surface area contributed by atoms with Crippen LogP contribution in [0.1, 0.15) is 5.56 Å². The standard InChI is InChI=1S/C11H17NO4.ClH/c1-13-9-6-8(4-5-16-12)7-10(14-2)11(9)15-3;/h6-7H,4-5,12H2,1-3H3;1H. The zero-order valence-corrected chi connectivity index (χ0v) is 11.0. The summed E-state index contributed by atoms with van der Waals surface area (Å²) in [6.07, 6.45) is 0.688. The maximum absolute atomic E-state index is 5.22. The maximum atomic E-state index is 5.22. The Balaban J connectivity index is 0.00000256. The van der Waals surface area contributed by atoms with Gasteiger partial charge in [-0.3, -0.25) is 0 Å². The van der Waals surface area contributed by atoms with E-state index in [0.717, 1.165) is 5.56 Å². The predicted molar refractivity (Wildman–Crippen MR) is 67.2 cm³/mol. The van der Waals surface area contributed by atoms with E-state index in [-0.39, 0.29) is 12.4 Å². The second-order valence-corrected chi connectivity index (χ2v) is 3.15. The molecule has 0 aliphatic carbocycles. The predicted octanol–water partition coefficient (Wildman–Crippen LogP) is 1.57. The first-order chi connectivity index (χ1) is 7.76. The van der Waals surface area contributed by atoms with Crippen LogP contribution in [-0.4, -0.2) is 27.9 Å². The fourth-order valence-corrected chi connectivity index (χ4v) is 1.46. The molecule has 5 nitrogen and oxygen atoms in total. The fraction of sp³-hybridized carbons (Fsp3) is 0.455. The number of methoxy groups -OCH3 is 3. The highest BCUT2D eigenvalue weighted by Crippen LogP contribution is 2.38. The van der Waals surface area contributed by atoms with Crippen LogP contribution in [0.25, 0.3) is 0 Å². The third-order valence-corrected chi connectivity index (χ3v) is 2.23. The lowest BCUT2D eigenvalue weighted by molar-refractivity contribution is 0.141. The number of ether oxygens (including phenoxy) is 3. The molecule has 0 amide bonds. The molecule has 0 radical (unpaired) electrons. The molecule has 0 saturated heterocycles. The summed E-state index contributed by atoms with van der Waals surface area (Å²) in [5.41, 5.74) is 1.01. The largest absolute Gasteiger partial charge is 0.493 e. The van der Waals surface area contributed by atoms with Crippen molar-refractivity contribution in [3.8, 4) is 17.2 Å². The van der Waals surface area contributed by atoms with Gasteiger partial charge in [-0.25, -0.2) is 5.90 Å². The molecule has 0 atom stereocenters. The smallest absolute Gasteiger partial charge is 0.203 e. The molecule has 0 unspecified atom stereocenters. The van der Waals surface area contributed by atoms with Gasteiger partial charge in [-0.1, -0.05) is 0 Å². The van der Waals surface area contributed by atoms with Gasteiger partial charge in [0.25, 0.3) is 0 Å². The molecule has 2 N–H and O–H groups in total. The number of hydrogen-bond donors (Lipinski definition) is 1. The highest BCUT2D eigenvalue weighted by molar-refractivity contribution is 5.85. The van der Waals surface area contributed by atoms with Crippen LogP contribution in [0.15, 0.2) is 12.1 Å². The minimum Gasteiger partial charge on any atom is -0.493 e. The molecule has 1 aromatic carbocycles. The summed E-state index contributed by atoms with van der Waals surface area (Å²) in [5, 5.41) is 0. The van der Waals surface area contributed by atoms with E-state index in [4.69, 9.17) is 20.1 Å². The highest BCUT2D eigenvalue weighted by atomic mass is 35.5. The minimum atomic E-state index is 0. The molecule has 6 heteroatoms. The van der Waals surface area contributed by atoms with Crippen molar-refractivity contribution in [2.45, 2.75) is 6.42 Å². The van der Waals surface area contributed by atoms with Crippen LogP contribution in [0.3, 0.4) is 0 Å². The molecule has 1 aromatic rings. The van der Waals surface area contributed by atoms with Crippen LogP contribution in [-0.2, 0) is 11.3 Å². The molecule has 0 aliphatic heterocycles. The van der Waals surface area contributed by atoms with Gasteiger partial charge in [0.1, 0.15) is 0 Å². The number of benzene rings is 1. The molecule has 0 aliphatic rings. The normalized spacial score (nSPS) is 9.41. The van der Waals surface area contributed by atoms with Crippen LogP contribution in [0.5, 0.6) is 17.2 Å². The quantitative estimate of drug-likeness (QED) is 0.790. The van der Waals surface area contributed by atoms with E-state index in [1.54, 1.807) is 21.3 Å². The van der Waals surface area contributed by atoms with Gasteiger partial charge >= 0.3 is 0 Å². The monoisotopic (exact) mass is 263 g/mol. The molecule has 0 heterocycles. The average Bonchev–Trinajstić information content (AvgIpc) is 2.34. The summed E-state index contributed by atoms with van der Waals surface area (Å²) < 4.78 is 15.7. The van der Waals surface area contributed by atoms with Gasteiger partial charge < -0.3 is 19.0 Å². The number of halogens is 1. The Morgan fingerprint density at radius 2 is 1.53 bits per heavy atom. The summed E-state index contributed by atoms with van der Waals surface area (Å²) in [6.45, 7) is 0.443. The molecular formula is C11H18ClNO4. The van der Waals surface area contributed by atoms with Crippen LogP contribution in [0.4, 0.5) is 0 Å². The first-order valence-corrected chi connectivity index (χ1v) is 4.87. The zero-order valence-electron chi connectivity index (χ0n) is 10.2. The molecule has 0 bridgehead atoms. The van der Waals surface area contributed by atoms with Crippen molar-refractivity contribution in [2.24, 2.45) is 5.90 Å². The van der Waals surface area contributed by atoms with Crippen LogP contribution < -0.4 is 20.1 Å². The van der Waals surface area contributed by atoms with Crippen molar-refractivity contribution in [3.05, 3.63) is 17.7 Å². The van der Waals surface area contributed by atoms with Gasteiger partial charge in [-0.2, -0.15) is 0 Å². The molecule has 0 saturated carbocycles. The van der Waals surface area contributed by atoms with Gasteiger partial charge in [-0.15, -0.1) is 12.4 Å². The Morgan fingerprint density at radius 3 is 1.88 bits per heavy atom. The van der Waals surface area contributed by atoms with E-state index in [0.29, 0.717) is 30.3 Å². The first kappa shape index (κ1) is 15.8. The van der Waals surface area contributed by atoms with Crippen molar-refractivity contribution in [1.29, 1.82) is 0 Å². The molecule has 1 rings (SSSR count). The third kappa shape index (κ3) is 3.96. The lowest BCUT2D eigenvalue weighted by Gasteiger charge is -2.13. The molecule has 17 heavy (non-hydrogen) atoms. The average molecular weight is 264 g/mol. The van der Waals surface area contributed by atoms with Crippen LogP contribution in [0, 0.1) is 0 Å². The zero-order chi connectivity index (χ0) is 12.0. The van der Waals surface area contributed by atoms with Crippen LogP contribution in [0.2, 0.25) is 0 Å². The summed E-state index contributed by atoms with van der Waals surface area (Å²) in [6, 6.07) is 3.75. The summed E-state index contributed by atoms with van der Waals surface area (Å²) in [7, 11) is 4.74. The maximum Gasteiger partial charge on any atom is 0.203 e. The highest BCUT2D eigenvalue weighted by Gasteiger charge is 2.12. The Labute approximate surface area is 107 Å². The van der Waals surface area contributed by atoms with Gasteiger partial charge in [0.2, 0.25) is 5.75 Å². The lowest BCUT2D eigenvalue weighted by Crippen LogP contribution is -2.04. The van der Waals surface area contributed by atoms with Crippen molar-refractivity contribution >= 4 is 12.4 Å². The third-order valence-electron chi connectivity index (χ3n) is 2.23. The van der Waals surface area contributed by atoms with Crippen LogP contribution >= 0.6 is 12.4 Å². The molecular weight excluding hydrogens is 246 g/mol. The molecule has 0 spiro atoms. The fourth-order valence-electron chi connectivity index (χ4n) is 1.46. The van der Waals surface area contributed by atoms with Gasteiger partial charge in [0, 0.05) is 0 Å². The van der Waals surface area contributed by atoms with Crippen molar-refractivity contribution in [3.63, 3.8) is 0 Å². The van der Waals surface area contributed by atoms with Crippen molar-refractivity contribution < 1.29 is 19.0 Å². The van der Waals surface area contributed by atoms with E-state index < -0.39 is 0 Å². The number of hydrogen-bond acceptors (Lipinski definition) is 5. The van der Waals surface area contributed by atoms with E-state index in [2.05, 4.69) is 4.84 Å². The molecule has 0 fully saturated rings. The van der Waals surface area contributed by atoms with E-state index >= 15 is 0 Å². The molecule has 0 aromatic heterocycles. The van der Waals surface area contributed by atoms with E-state index in [9.17, 15) is 0 Å². The minimum absolute atomic E-state index is 0. The number of nitrogens with two attached hydrogens (primary N) is 1. The molecule has 98 valence electrons. The van der Waals surface area contributed by atoms with E-state index in [1.165, 1.54) is 0 Å². The SMILES string of the molecule is COc1cc(CCON)cc(OC)c1OC.Cl. The Morgan fingerprint density at radius 1 is 1.00 bits per heavy atom. The topological polar surface area (TPSA) is 62.9 Å². The van der Waals surface area contributed by atoms with Crippen molar-refractivity contribution in [2.75, 3.05) is 27.9 Å². The second kappa shape index (κ2) is 8.00. The Kier molecular flexibility index (Phi) is 7.45. The first-order valence-electron chi connectivity index (χ1n) is 4.87. The van der Waals surface area contributed by atoms with Gasteiger partial charge in [0.15, 0.2) is 11.5 Å². The Hall–Kier alpha value is -1.17. The summed E-state index contributed by atoms with van der Waals surface area (Å²) in [4.78, 5) is 4.54.